The molecule has 0 saturated heterocycles. The lowest BCUT2D eigenvalue weighted by atomic mass is 9.92. The van der Waals surface area contributed by atoms with Crippen LogP contribution in [0, 0.1) is 19.8 Å². The fraction of sp³-hybridized carbons (Fsp3) is 0.188. The van der Waals surface area contributed by atoms with Crippen LogP contribution in [0.5, 0.6) is 0 Å². The summed E-state index contributed by atoms with van der Waals surface area (Å²) in [5, 5.41) is 15.1. The number of aryl methyl sites for hydroxylation is 3. The van der Waals surface area contributed by atoms with Crippen molar-refractivity contribution in [2.24, 2.45) is 5.92 Å². The number of aromatic nitrogens is 1. The van der Waals surface area contributed by atoms with E-state index in [0.717, 1.165) is 27.8 Å². The quantitative estimate of drug-likeness (QED) is 0.196. The number of carbonyl (C=O) groups is 3. The number of rotatable bonds is 10. The zero-order chi connectivity index (χ0) is 27.8. The summed E-state index contributed by atoms with van der Waals surface area (Å²) in [6.45, 7) is 4.00. The number of benzene rings is 3. The van der Waals surface area contributed by atoms with Crippen molar-refractivity contribution in [2.45, 2.75) is 33.1 Å². The van der Waals surface area contributed by atoms with Crippen LogP contribution in [0.15, 0.2) is 91.1 Å². The Morgan fingerprint density at radius 3 is 2.18 bits per heavy atom. The van der Waals surface area contributed by atoms with E-state index in [9.17, 15) is 19.5 Å². The molecule has 7 heteroatoms. The van der Waals surface area contributed by atoms with E-state index >= 15 is 0 Å². The molecule has 1 aromatic heterocycles. The van der Waals surface area contributed by atoms with Crippen molar-refractivity contribution in [1.82, 2.24) is 4.98 Å². The SMILES string of the molecule is Cc1ccc(NC(=O)Nc2ccc(-c3ccc(C(=O)CC(CCc4ccccc4)C(=O)O)cc3)cn2)cc1C. The van der Waals surface area contributed by atoms with Crippen molar-refractivity contribution in [3.63, 3.8) is 0 Å². The third-order valence-electron chi connectivity index (χ3n) is 6.72. The van der Waals surface area contributed by atoms with E-state index < -0.39 is 11.9 Å². The molecule has 0 fully saturated rings. The van der Waals surface area contributed by atoms with Crippen LogP contribution in [0.1, 0.15) is 39.9 Å². The molecular formula is C32H31N3O4. The molecular weight excluding hydrogens is 490 g/mol. The standard InChI is InChI=1S/C32H31N3O4/c1-21-8-16-28(18-22(21)2)34-32(39)35-30-17-15-27(20-33-30)24-11-13-25(14-12-24)29(36)19-26(31(37)38)10-9-23-6-4-3-5-7-23/h3-8,11-18,20,26H,9-10,19H2,1-2H3,(H,37,38)(H2,33,34,35,39). The van der Waals surface area contributed by atoms with Gasteiger partial charge in [0.2, 0.25) is 0 Å². The maximum atomic E-state index is 12.8. The molecule has 0 saturated carbocycles. The number of carboxylic acids is 1. The van der Waals surface area contributed by atoms with Crippen molar-refractivity contribution >= 4 is 29.3 Å². The van der Waals surface area contributed by atoms with E-state index in [1.807, 2.05) is 80.6 Å². The van der Waals surface area contributed by atoms with Gasteiger partial charge in [-0.05, 0) is 73.2 Å². The fourth-order valence-electron chi connectivity index (χ4n) is 4.23. The van der Waals surface area contributed by atoms with Crippen LogP contribution >= 0.6 is 0 Å². The summed E-state index contributed by atoms with van der Waals surface area (Å²) >= 11 is 0. The minimum atomic E-state index is -0.960. The van der Waals surface area contributed by atoms with Crippen molar-refractivity contribution in [2.75, 3.05) is 10.6 Å². The van der Waals surface area contributed by atoms with Crippen molar-refractivity contribution < 1.29 is 19.5 Å². The lowest BCUT2D eigenvalue weighted by molar-refractivity contribution is -0.141. The molecule has 1 heterocycles. The molecule has 0 aliphatic rings. The van der Waals surface area contributed by atoms with Crippen molar-refractivity contribution in [1.29, 1.82) is 0 Å². The van der Waals surface area contributed by atoms with Crippen LogP contribution in [0.25, 0.3) is 11.1 Å². The molecule has 4 aromatic rings. The lowest BCUT2D eigenvalue weighted by Gasteiger charge is -2.12. The topological polar surface area (TPSA) is 108 Å². The number of nitrogens with zero attached hydrogens (tertiary/aromatic N) is 1. The Morgan fingerprint density at radius 2 is 1.54 bits per heavy atom. The van der Waals surface area contributed by atoms with E-state index in [1.54, 1.807) is 24.4 Å². The average Bonchev–Trinajstić information content (AvgIpc) is 2.94. The highest BCUT2D eigenvalue weighted by atomic mass is 16.4. The lowest BCUT2D eigenvalue weighted by Crippen LogP contribution is -2.20. The summed E-state index contributed by atoms with van der Waals surface area (Å²) in [6, 6.07) is 25.6. The molecule has 2 amide bonds. The first-order valence-electron chi connectivity index (χ1n) is 12.8. The number of ketones is 1. The van der Waals surface area contributed by atoms with Gasteiger partial charge in [0.15, 0.2) is 5.78 Å². The Bertz CT molecular complexity index is 1450. The van der Waals surface area contributed by atoms with E-state index in [2.05, 4.69) is 15.6 Å². The minimum absolute atomic E-state index is 0.0480. The number of amides is 2. The number of nitrogens with one attached hydrogen (secondary N) is 2. The van der Waals surface area contributed by atoms with Crippen molar-refractivity contribution in [3.8, 4) is 11.1 Å². The first-order valence-corrected chi connectivity index (χ1v) is 12.8. The van der Waals surface area contributed by atoms with Crippen LogP contribution in [-0.4, -0.2) is 27.9 Å². The van der Waals surface area contributed by atoms with Gasteiger partial charge in [0.1, 0.15) is 5.82 Å². The Hall–Kier alpha value is -4.78. The van der Waals surface area contributed by atoms with Crippen molar-refractivity contribution in [3.05, 3.63) is 113 Å². The molecule has 4 rings (SSSR count). The van der Waals surface area contributed by atoms with Gasteiger partial charge in [-0.3, -0.25) is 14.9 Å². The average molecular weight is 522 g/mol. The number of anilines is 2. The summed E-state index contributed by atoms with van der Waals surface area (Å²) in [4.78, 5) is 41.2. The molecule has 7 nitrogen and oxygen atoms in total. The molecule has 0 aliphatic carbocycles. The highest BCUT2D eigenvalue weighted by molar-refractivity contribution is 5.99. The van der Waals surface area contributed by atoms with Gasteiger partial charge in [-0.25, -0.2) is 9.78 Å². The molecule has 39 heavy (non-hydrogen) atoms. The normalized spacial score (nSPS) is 11.4. The maximum Gasteiger partial charge on any atom is 0.324 e. The Labute approximate surface area is 227 Å². The van der Waals surface area contributed by atoms with E-state index in [4.69, 9.17) is 0 Å². The second-order valence-corrected chi connectivity index (χ2v) is 9.57. The predicted molar refractivity (Wildman–Crippen MR) is 153 cm³/mol. The highest BCUT2D eigenvalue weighted by Gasteiger charge is 2.22. The van der Waals surface area contributed by atoms with Gasteiger partial charge in [-0.1, -0.05) is 60.7 Å². The van der Waals surface area contributed by atoms with Gasteiger partial charge in [-0.15, -0.1) is 0 Å². The van der Waals surface area contributed by atoms with Gasteiger partial charge < -0.3 is 10.4 Å². The zero-order valence-corrected chi connectivity index (χ0v) is 22.0. The summed E-state index contributed by atoms with van der Waals surface area (Å²) in [5.41, 5.74) is 6.14. The second kappa shape index (κ2) is 12.6. The third kappa shape index (κ3) is 7.61. The van der Waals surface area contributed by atoms with Gasteiger partial charge >= 0.3 is 12.0 Å². The molecule has 1 unspecified atom stereocenters. The molecule has 0 spiro atoms. The Morgan fingerprint density at radius 1 is 0.821 bits per heavy atom. The van der Waals surface area contributed by atoms with Crippen LogP contribution < -0.4 is 10.6 Å². The highest BCUT2D eigenvalue weighted by Crippen LogP contribution is 2.23. The monoisotopic (exact) mass is 521 g/mol. The van der Waals surface area contributed by atoms with Crippen LogP contribution in [0.2, 0.25) is 0 Å². The Balaban J connectivity index is 1.33. The molecule has 198 valence electrons. The number of carboxylic acid groups (broad SMARTS) is 1. The van der Waals surface area contributed by atoms with Gasteiger partial charge in [0.05, 0.1) is 5.92 Å². The predicted octanol–water partition coefficient (Wildman–Crippen LogP) is 6.92. The number of carbonyl (C=O) groups excluding carboxylic acids is 2. The smallest absolute Gasteiger partial charge is 0.324 e. The van der Waals surface area contributed by atoms with E-state index in [1.165, 1.54) is 0 Å². The molecule has 3 aromatic carbocycles. The summed E-state index contributed by atoms with van der Waals surface area (Å²) in [5.74, 6) is -1.50. The first kappa shape index (κ1) is 27.3. The summed E-state index contributed by atoms with van der Waals surface area (Å²) in [7, 11) is 0. The minimum Gasteiger partial charge on any atom is -0.481 e. The fourth-order valence-corrected chi connectivity index (χ4v) is 4.23. The maximum absolute atomic E-state index is 12.8. The van der Waals surface area contributed by atoms with Gasteiger partial charge in [0, 0.05) is 29.4 Å². The largest absolute Gasteiger partial charge is 0.481 e. The van der Waals surface area contributed by atoms with Gasteiger partial charge in [-0.2, -0.15) is 0 Å². The van der Waals surface area contributed by atoms with Crippen LogP contribution in [0.3, 0.4) is 0 Å². The van der Waals surface area contributed by atoms with E-state index in [0.29, 0.717) is 29.9 Å². The summed E-state index contributed by atoms with van der Waals surface area (Å²) < 4.78 is 0. The Kier molecular flexibility index (Phi) is 8.84. The number of Topliss-reactive ketones (excluding diaryl/α,β-unsaturated/α-hetero) is 1. The van der Waals surface area contributed by atoms with Crippen LogP contribution in [-0.2, 0) is 11.2 Å². The zero-order valence-electron chi connectivity index (χ0n) is 22.0. The number of aliphatic carboxylic acids is 1. The summed E-state index contributed by atoms with van der Waals surface area (Å²) in [6.07, 6.45) is 2.60. The van der Waals surface area contributed by atoms with Crippen LogP contribution in [0.4, 0.5) is 16.3 Å². The first-order chi connectivity index (χ1) is 18.8. The van der Waals surface area contributed by atoms with E-state index in [-0.39, 0.29) is 18.2 Å². The number of urea groups is 1. The molecule has 0 aliphatic heterocycles. The molecule has 0 bridgehead atoms. The number of pyridine rings is 1. The number of hydrogen-bond donors (Lipinski definition) is 3. The molecule has 1 atom stereocenters. The molecule has 3 N–H and O–H groups in total. The number of hydrogen-bond acceptors (Lipinski definition) is 4. The van der Waals surface area contributed by atoms with Gasteiger partial charge in [0.25, 0.3) is 0 Å². The second-order valence-electron chi connectivity index (χ2n) is 9.57. The third-order valence-corrected chi connectivity index (χ3v) is 6.72. The molecule has 0 radical (unpaired) electrons.